The summed E-state index contributed by atoms with van der Waals surface area (Å²) >= 11 is 0. The number of rotatable bonds is 7. The summed E-state index contributed by atoms with van der Waals surface area (Å²) < 4.78 is 26.7. The Morgan fingerprint density at radius 3 is 2.14 bits per heavy atom. The Bertz CT molecular complexity index is 911. The summed E-state index contributed by atoms with van der Waals surface area (Å²) in [5, 5.41) is 2.66. The molecule has 1 fully saturated rings. The molecule has 1 heterocycles. The third kappa shape index (κ3) is 4.73. The van der Waals surface area contributed by atoms with Gasteiger partial charge in [0.1, 0.15) is 0 Å². The van der Waals surface area contributed by atoms with E-state index in [0.29, 0.717) is 18.5 Å². The molecule has 1 saturated heterocycles. The minimum atomic E-state index is -3.60. The predicted molar refractivity (Wildman–Crippen MR) is 107 cm³/mol. The second kappa shape index (κ2) is 8.46. The van der Waals surface area contributed by atoms with E-state index >= 15 is 0 Å². The van der Waals surface area contributed by atoms with Crippen LogP contribution in [-0.4, -0.2) is 43.6 Å². The zero-order chi connectivity index (χ0) is 21.2. The average Bonchev–Trinajstić information content (AvgIpc) is 2.90. The fraction of sp³-hybridized carbons (Fsp3) is 0.450. The molecule has 1 aliphatic heterocycles. The van der Waals surface area contributed by atoms with E-state index in [0.717, 1.165) is 0 Å². The van der Waals surface area contributed by atoms with Crippen molar-refractivity contribution < 1.29 is 22.8 Å². The van der Waals surface area contributed by atoms with Crippen molar-refractivity contribution in [3.63, 3.8) is 0 Å². The number of carbonyl (C=O) groups is 3. The van der Waals surface area contributed by atoms with E-state index in [1.165, 1.54) is 29.2 Å². The van der Waals surface area contributed by atoms with Crippen LogP contribution in [0.25, 0.3) is 0 Å². The molecule has 29 heavy (non-hydrogen) atoms. The first kappa shape index (κ1) is 21.2. The zero-order valence-electron chi connectivity index (χ0n) is 16.4. The summed E-state index contributed by atoms with van der Waals surface area (Å²) in [6, 6.07) is 5.59. The van der Waals surface area contributed by atoms with Gasteiger partial charge in [0, 0.05) is 24.7 Å². The van der Waals surface area contributed by atoms with Gasteiger partial charge < -0.3 is 5.32 Å². The van der Waals surface area contributed by atoms with Gasteiger partial charge in [-0.15, -0.1) is 0 Å². The SMILES string of the molecule is CC(C)NS(=O)(=O)c1ccc(NC(=O)CCN2C(=O)[C@@H]3CC=CC[C@H]3C2=O)cc1. The fourth-order valence-corrected chi connectivity index (χ4v) is 4.87. The molecule has 0 saturated carbocycles. The van der Waals surface area contributed by atoms with Crippen LogP contribution in [0.15, 0.2) is 41.3 Å². The molecule has 2 aliphatic rings. The number of hydrogen-bond donors (Lipinski definition) is 2. The van der Waals surface area contributed by atoms with Crippen LogP contribution in [0.2, 0.25) is 0 Å². The van der Waals surface area contributed by atoms with Crippen LogP contribution >= 0.6 is 0 Å². The summed E-state index contributed by atoms with van der Waals surface area (Å²) in [7, 11) is -3.60. The lowest BCUT2D eigenvalue weighted by Gasteiger charge is -2.14. The molecule has 0 bridgehead atoms. The maximum Gasteiger partial charge on any atom is 0.240 e. The lowest BCUT2D eigenvalue weighted by molar-refractivity contribution is -0.140. The molecule has 0 radical (unpaired) electrons. The van der Waals surface area contributed by atoms with Crippen molar-refractivity contribution in [1.29, 1.82) is 0 Å². The van der Waals surface area contributed by atoms with Gasteiger partial charge in [-0.3, -0.25) is 19.3 Å². The number of sulfonamides is 1. The van der Waals surface area contributed by atoms with Crippen molar-refractivity contribution in [1.82, 2.24) is 9.62 Å². The average molecular weight is 420 g/mol. The van der Waals surface area contributed by atoms with E-state index < -0.39 is 10.0 Å². The third-order valence-electron chi connectivity index (χ3n) is 5.00. The van der Waals surface area contributed by atoms with Crippen molar-refractivity contribution >= 4 is 33.4 Å². The number of nitrogens with one attached hydrogen (secondary N) is 2. The maximum absolute atomic E-state index is 12.4. The number of benzene rings is 1. The molecule has 1 aromatic carbocycles. The topological polar surface area (TPSA) is 113 Å². The highest BCUT2D eigenvalue weighted by atomic mass is 32.2. The van der Waals surface area contributed by atoms with E-state index in [1.54, 1.807) is 13.8 Å². The van der Waals surface area contributed by atoms with Gasteiger partial charge in [-0.1, -0.05) is 12.2 Å². The lowest BCUT2D eigenvalue weighted by Crippen LogP contribution is -2.34. The number of nitrogens with zero attached hydrogens (tertiary/aromatic N) is 1. The molecule has 156 valence electrons. The molecule has 2 atom stereocenters. The Kier molecular flexibility index (Phi) is 6.18. The van der Waals surface area contributed by atoms with Gasteiger partial charge in [0.2, 0.25) is 27.7 Å². The lowest BCUT2D eigenvalue weighted by atomic mass is 9.85. The Balaban J connectivity index is 1.55. The van der Waals surface area contributed by atoms with E-state index in [1.807, 2.05) is 12.2 Å². The first-order valence-electron chi connectivity index (χ1n) is 9.61. The van der Waals surface area contributed by atoms with Crippen LogP contribution < -0.4 is 10.0 Å². The summed E-state index contributed by atoms with van der Waals surface area (Å²) in [5.41, 5.74) is 0.440. The number of allylic oxidation sites excluding steroid dienone is 2. The Labute approximate surface area is 170 Å². The number of hydrogen-bond acceptors (Lipinski definition) is 5. The summed E-state index contributed by atoms with van der Waals surface area (Å²) in [6.45, 7) is 3.50. The van der Waals surface area contributed by atoms with Crippen molar-refractivity contribution in [2.75, 3.05) is 11.9 Å². The van der Waals surface area contributed by atoms with Gasteiger partial charge in [-0.2, -0.15) is 0 Å². The van der Waals surface area contributed by atoms with Crippen molar-refractivity contribution in [2.45, 2.75) is 44.0 Å². The number of likely N-dealkylation sites (tertiary alicyclic amines) is 1. The molecule has 8 nitrogen and oxygen atoms in total. The monoisotopic (exact) mass is 419 g/mol. The molecule has 9 heteroatoms. The van der Waals surface area contributed by atoms with E-state index in [2.05, 4.69) is 10.0 Å². The number of amides is 3. The van der Waals surface area contributed by atoms with Crippen molar-refractivity contribution in [2.24, 2.45) is 11.8 Å². The van der Waals surface area contributed by atoms with Crippen LogP contribution in [0, 0.1) is 11.8 Å². The minimum absolute atomic E-state index is 0.0146. The first-order valence-corrected chi connectivity index (χ1v) is 11.1. The molecule has 1 aromatic rings. The molecule has 0 aromatic heterocycles. The molecule has 0 unspecified atom stereocenters. The van der Waals surface area contributed by atoms with Gasteiger partial charge in [0.25, 0.3) is 0 Å². The molecule has 3 amide bonds. The molecular weight excluding hydrogens is 394 g/mol. The summed E-state index contributed by atoms with van der Waals surface area (Å²) in [5.74, 6) is -1.36. The minimum Gasteiger partial charge on any atom is -0.326 e. The summed E-state index contributed by atoms with van der Waals surface area (Å²) in [4.78, 5) is 38.3. The number of carbonyl (C=O) groups excluding carboxylic acids is 3. The zero-order valence-corrected chi connectivity index (χ0v) is 17.2. The van der Waals surface area contributed by atoms with Crippen LogP contribution in [0.4, 0.5) is 5.69 Å². The largest absolute Gasteiger partial charge is 0.326 e. The number of imide groups is 1. The van der Waals surface area contributed by atoms with E-state index in [9.17, 15) is 22.8 Å². The van der Waals surface area contributed by atoms with Crippen LogP contribution in [0.5, 0.6) is 0 Å². The van der Waals surface area contributed by atoms with Crippen LogP contribution in [0.1, 0.15) is 33.1 Å². The number of fused-ring (bicyclic) bond motifs is 1. The van der Waals surface area contributed by atoms with E-state index in [4.69, 9.17) is 0 Å². The van der Waals surface area contributed by atoms with Gasteiger partial charge in [-0.05, 0) is 51.0 Å². The quantitative estimate of drug-likeness (QED) is 0.515. The van der Waals surface area contributed by atoms with Crippen LogP contribution in [-0.2, 0) is 24.4 Å². The highest BCUT2D eigenvalue weighted by Crippen LogP contribution is 2.35. The second-order valence-corrected chi connectivity index (χ2v) is 9.30. The Morgan fingerprint density at radius 2 is 1.62 bits per heavy atom. The second-order valence-electron chi connectivity index (χ2n) is 7.58. The molecule has 1 aliphatic carbocycles. The Hall–Kier alpha value is -2.52. The molecule has 3 rings (SSSR count). The number of anilines is 1. The van der Waals surface area contributed by atoms with Crippen molar-refractivity contribution in [3.8, 4) is 0 Å². The normalized spacial score (nSPS) is 21.6. The third-order valence-corrected chi connectivity index (χ3v) is 6.68. The van der Waals surface area contributed by atoms with Crippen molar-refractivity contribution in [3.05, 3.63) is 36.4 Å². The molecule has 2 N–H and O–H groups in total. The highest BCUT2D eigenvalue weighted by Gasteiger charge is 2.46. The smallest absolute Gasteiger partial charge is 0.240 e. The van der Waals surface area contributed by atoms with Gasteiger partial charge >= 0.3 is 0 Å². The van der Waals surface area contributed by atoms with Gasteiger partial charge in [-0.25, -0.2) is 13.1 Å². The standard InChI is InChI=1S/C20H25N3O5S/c1-13(2)22-29(27,28)15-9-7-14(8-10-15)21-18(24)11-12-23-19(25)16-5-3-4-6-17(16)20(23)26/h3-4,7-10,13,16-17,22H,5-6,11-12H2,1-2H3,(H,21,24)/t16-,17-/m1/s1. The van der Waals surface area contributed by atoms with Crippen LogP contribution in [0.3, 0.4) is 0 Å². The maximum atomic E-state index is 12.4. The predicted octanol–water partition coefficient (Wildman–Crippen LogP) is 1.65. The van der Waals surface area contributed by atoms with Gasteiger partial charge in [0.05, 0.1) is 16.7 Å². The molecule has 0 spiro atoms. The molecular formula is C20H25N3O5S. The van der Waals surface area contributed by atoms with E-state index in [-0.39, 0.29) is 53.5 Å². The highest BCUT2D eigenvalue weighted by molar-refractivity contribution is 7.89. The Morgan fingerprint density at radius 1 is 1.07 bits per heavy atom. The summed E-state index contributed by atoms with van der Waals surface area (Å²) in [6.07, 6.45) is 4.96. The first-order chi connectivity index (χ1) is 13.7. The van der Waals surface area contributed by atoms with Gasteiger partial charge in [0.15, 0.2) is 0 Å². The fourth-order valence-electron chi connectivity index (χ4n) is 3.62.